The second kappa shape index (κ2) is 10.5. The molecule has 10 heteroatoms. The molecular formula is C22H32N4O6. The van der Waals surface area contributed by atoms with Crippen LogP contribution in [0, 0.1) is 0 Å². The highest BCUT2D eigenvalue weighted by atomic mass is 16.5. The van der Waals surface area contributed by atoms with Crippen molar-refractivity contribution in [1.82, 2.24) is 15.1 Å². The number of nitrogens with one attached hydrogen (secondary N) is 1. The minimum Gasteiger partial charge on any atom is -0.388 e. The highest BCUT2D eigenvalue weighted by Gasteiger charge is 2.44. The summed E-state index contributed by atoms with van der Waals surface area (Å²) in [7, 11) is 0. The number of hydrogen-bond donors (Lipinski definition) is 3. The largest absolute Gasteiger partial charge is 0.388 e. The van der Waals surface area contributed by atoms with E-state index in [4.69, 9.17) is 9.47 Å². The lowest BCUT2D eigenvalue weighted by Crippen LogP contribution is -2.49. The van der Waals surface area contributed by atoms with Crippen LogP contribution in [0.1, 0.15) is 6.42 Å². The summed E-state index contributed by atoms with van der Waals surface area (Å²) in [6.07, 6.45) is -3.89. The summed E-state index contributed by atoms with van der Waals surface area (Å²) in [5.74, 6) is -0.105. The maximum atomic E-state index is 12.8. The van der Waals surface area contributed by atoms with Gasteiger partial charge in [-0.1, -0.05) is 18.2 Å². The van der Waals surface area contributed by atoms with Gasteiger partial charge >= 0.3 is 6.03 Å². The second-order valence-electron chi connectivity index (χ2n) is 8.39. The number of piperazine rings is 1. The molecule has 3 N–H and O–H groups in total. The summed E-state index contributed by atoms with van der Waals surface area (Å²) in [6, 6.07) is 9.83. The van der Waals surface area contributed by atoms with Crippen LogP contribution in [0.4, 0.5) is 10.5 Å². The number of aliphatic hydroxyl groups is 2. The third-order valence-electron chi connectivity index (χ3n) is 6.34. The van der Waals surface area contributed by atoms with Crippen LogP contribution in [0.5, 0.6) is 0 Å². The van der Waals surface area contributed by atoms with E-state index in [9.17, 15) is 19.8 Å². The maximum Gasteiger partial charge on any atom is 0.317 e. The quantitative estimate of drug-likeness (QED) is 0.543. The minimum absolute atomic E-state index is 0.00251. The van der Waals surface area contributed by atoms with E-state index in [1.807, 2.05) is 18.2 Å². The Bertz CT molecular complexity index is 767. The molecule has 0 aliphatic carbocycles. The molecule has 3 fully saturated rings. The highest BCUT2D eigenvalue weighted by molar-refractivity contribution is 5.77. The van der Waals surface area contributed by atoms with Gasteiger partial charge in [0.15, 0.2) is 0 Å². The summed E-state index contributed by atoms with van der Waals surface area (Å²) < 4.78 is 11.0. The van der Waals surface area contributed by atoms with Crippen LogP contribution < -0.4 is 10.2 Å². The van der Waals surface area contributed by atoms with Crippen molar-refractivity contribution in [3.05, 3.63) is 30.3 Å². The first-order valence-electron chi connectivity index (χ1n) is 11.2. The first-order valence-corrected chi connectivity index (χ1v) is 11.2. The first kappa shape index (κ1) is 22.8. The van der Waals surface area contributed by atoms with Crippen LogP contribution in [0.2, 0.25) is 0 Å². The molecule has 0 radical (unpaired) electrons. The molecule has 0 saturated carbocycles. The predicted molar refractivity (Wildman–Crippen MR) is 116 cm³/mol. The lowest BCUT2D eigenvalue weighted by Gasteiger charge is -2.36. The highest BCUT2D eigenvalue weighted by Crippen LogP contribution is 2.25. The number of morpholine rings is 1. The smallest absolute Gasteiger partial charge is 0.317 e. The van der Waals surface area contributed by atoms with Gasteiger partial charge in [-0.15, -0.1) is 0 Å². The third kappa shape index (κ3) is 5.32. The minimum atomic E-state index is -1.17. The molecule has 1 aromatic rings. The number of benzene rings is 1. The van der Waals surface area contributed by atoms with Crippen molar-refractivity contribution in [3.8, 4) is 0 Å². The summed E-state index contributed by atoms with van der Waals surface area (Å²) >= 11 is 0. The zero-order chi connectivity index (χ0) is 22.5. The average molecular weight is 449 g/mol. The number of urea groups is 1. The molecule has 176 valence electrons. The van der Waals surface area contributed by atoms with E-state index in [-0.39, 0.29) is 24.9 Å². The van der Waals surface area contributed by atoms with Crippen LogP contribution in [-0.4, -0.2) is 115 Å². The van der Waals surface area contributed by atoms with Crippen molar-refractivity contribution < 1.29 is 29.3 Å². The molecule has 3 aliphatic heterocycles. The van der Waals surface area contributed by atoms with Gasteiger partial charge in [-0.3, -0.25) is 4.79 Å². The van der Waals surface area contributed by atoms with Crippen LogP contribution >= 0.6 is 0 Å². The van der Waals surface area contributed by atoms with Crippen molar-refractivity contribution >= 4 is 17.6 Å². The van der Waals surface area contributed by atoms with Gasteiger partial charge < -0.3 is 39.7 Å². The molecule has 0 bridgehead atoms. The molecule has 0 spiro atoms. The topological polar surface area (TPSA) is 115 Å². The second-order valence-corrected chi connectivity index (χ2v) is 8.39. The molecule has 4 atom stereocenters. The van der Waals surface area contributed by atoms with Crippen LogP contribution in [-0.2, 0) is 14.3 Å². The molecular weight excluding hydrogens is 416 g/mol. The van der Waals surface area contributed by atoms with Gasteiger partial charge in [0.05, 0.1) is 25.7 Å². The molecule has 4 rings (SSSR count). The fraction of sp³-hybridized carbons (Fsp3) is 0.636. The fourth-order valence-corrected chi connectivity index (χ4v) is 4.38. The molecule has 3 saturated heterocycles. The van der Waals surface area contributed by atoms with Gasteiger partial charge in [0, 0.05) is 51.5 Å². The number of amides is 3. The molecule has 0 unspecified atom stereocenters. The van der Waals surface area contributed by atoms with Crippen molar-refractivity contribution in [3.63, 3.8) is 0 Å². The molecule has 32 heavy (non-hydrogen) atoms. The number of para-hydroxylation sites is 1. The Morgan fingerprint density at radius 1 is 0.906 bits per heavy atom. The van der Waals surface area contributed by atoms with Crippen molar-refractivity contribution in [1.29, 1.82) is 0 Å². The number of carbonyl (C=O) groups is 2. The van der Waals surface area contributed by atoms with Crippen molar-refractivity contribution in [2.75, 3.05) is 63.9 Å². The summed E-state index contributed by atoms with van der Waals surface area (Å²) in [5.41, 5.74) is 1.14. The first-order chi connectivity index (χ1) is 15.5. The SMILES string of the molecule is O=C(C[C@H]1O[C@H](CNC(=O)N2CCOCC2)[C@@H](O)[C@H]1O)N1CCN(c2ccccc2)CC1. The van der Waals surface area contributed by atoms with E-state index in [0.717, 1.165) is 18.8 Å². The standard InChI is InChI=1S/C22H32N4O6/c27-19(25-8-6-24(7-9-25)16-4-2-1-3-5-16)14-17-20(28)21(29)18(32-17)15-23-22(30)26-10-12-31-13-11-26/h1-5,17-18,20-21,28-29H,6-15H2,(H,23,30)/t17-,18-,20+,21-/m1/s1. The van der Waals surface area contributed by atoms with Gasteiger partial charge in [-0.05, 0) is 12.1 Å². The maximum absolute atomic E-state index is 12.8. The Morgan fingerprint density at radius 2 is 1.56 bits per heavy atom. The van der Waals surface area contributed by atoms with E-state index in [0.29, 0.717) is 39.4 Å². The molecule has 3 heterocycles. The number of nitrogens with zero attached hydrogens (tertiary/aromatic N) is 3. The number of carbonyl (C=O) groups excluding carboxylic acids is 2. The Labute approximate surface area is 187 Å². The summed E-state index contributed by atoms with van der Waals surface area (Å²) in [5, 5.41) is 23.5. The zero-order valence-corrected chi connectivity index (χ0v) is 18.1. The van der Waals surface area contributed by atoms with E-state index in [1.165, 1.54) is 0 Å². The summed E-state index contributed by atoms with van der Waals surface area (Å²) in [6.45, 7) is 4.75. The predicted octanol–water partition coefficient (Wildman–Crippen LogP) is -0.744. The number of anilines is 1. The van der Waals surface area contributed by atoms with Crippen LogP contribution in [0.25, 0.3) is 0 Å². The van der Waals surface area contributed by atoms with Gasteiger partial charge in [0.1, 0.15) is 18.3 Å². The average Bonchev–Trinajstić information content (AvgIpc) is 3.11. The molecule has 3 aliphatic rings. The monoisotopic (exact) mass is 448 g/mol. The Hall–Kier alpha value is -2.40. The van der Waals surface area contributed by atoms with E-state index in [1.54, 1.807) is 9.80 Å². The molecule has 0 aromatic heterocycles. The lowest BCUT2D eigenvalue weighted by molar-refractivity contribution is -0.135. The van der Waals surface area contributed by atoms with Crippen LogP contribution in [0.3, 0.4) is 0 Å². The van der Waals surface area contributed by atoms with Crippen LogP contribution in [0.15, 0.2) is 30.3 Å². The van der Waals surface area contributed by atoms with Crippen molar-refractivity contribution in [2.45, 2.75) is 30.8 Å². The van der Waals surface area contributed by atoms with E-state index < -0.39 is 24.4 Å². The normalized spacial score (nSPS) is 28.6. The number of ether oxygens (including phenoxy) is 2. The van der Waals surface area contributed by atoms with Gasteiger partial charge in [-0.2, -0.15) is 0 Å². The lowest BCUT2D eigenvalue weighted by atomic mass is 10.0. The molecule has 10 nitrogen and oxygen atoms in total. The van der Waals surface area contributed by atoms with E-state index >= 15 is 0 Å². The Morgan fingerprint density at radius 3 is 2.25 bits per heavy atom. The van der Waals surface area contributed by atoms with Gasteiger partial charge in [0.25, 0.3) is 0 Å². The number of rotatable bonds is 5. The van der Waals surface area contributed by atoms with Gasteiger partial charge in [0.2, 0.25) is 5.91 Å². The zero-order valence-electron chi connectivity index (χ0n) is 18.1. The van der Waals surface area contributed by atoms with Gasteiger partial charge in [-0.25, -0.2) is 4.79 Å². The van der Waals surface area contributed by atoms with Crippen molar-refractivity contribution in [2.24, 2.45) is 0 Å². The Kier molecular flexibility index (Phi) is 7.46. The fourth-order valence-electron chi connectivity index (χ4n) is 4.38. The number of hydrogen-bond acceptors (Lipinski definition) is 7. The Balaban J connectivity index is 1.22. The molecule has 1 aromatic carbocycles. The van der Waals surface area contributed by atoms with E-state index in [2.05, 4.69) is 22.3 Å². The number of aliphatic hydroxyl groups excluding tert-OH is 2. The molecule has 3 amide bonds. The third-order valence-corrected chi connectivity index (χ3v) is 6.34. The summed E-state index contributed by atoms with van der Waals surface area (Å²) in [4.78, 5) is 30.7.